The summed E-state index contributed by atoms with van der Waals surface area (Å²) >= 11 is 0. The molecule has 1 aliphatic heterocycles. The van der Waals surface area contributed by atoms with Gasteiger partial charge in [0.05, 0.1) is 6.54 Å². The van der Waals surface area contributed by atoms with Crippen LogP contribution in [0.3, 0.4) is 0 Å². The van der Waals surface area contributed by atoms with Gasteiger partial charge >= 0.3 is 0 Å². The van der Waals surface area contributed by atoms with Crippen molar-refractivity contribution in [2.75, 3.05) is 33.2 Å². The molecule has 1 unspecified atom stereocenters. The van der Waals surface area contributed by atoms with Crippen molar-refractivity contribution in [1.82, 2.24) is 9.80 Å². The summed E-state index contributed by atoms with van der Waals surface area (Å²) in [6, 6.07) is 4.66. The molecular formula is C17H26N2O. The van der Waals surface area contributed by atoms with Crippen LogP contribution in [0.2, 0.25) is 0 Å². The Kier molecular flexibility index (Phi) is 4.61. The Balaban J connectivity index is 2.13. The van der Waals surface area contributed by atoms with E-state index in [-0.39, 0.29) is 5.78 Å². The van der Waals surface area contributed by atoms with Crippen molar-refractivity contribution < 1.29 is 4.79 Å². The molecule has 1 aromatic carbocycles. The second-order valence-corrected chi connectivity index (χ2v) is 6.28. The van der Waals surface area contributed by atoms with Gasteiger partial charge in [0.15, 0.2) is 5.78 Å². The molecule has 1 heterocycles. The van der Waals surface area contributed by atoms with Crippen LogP contribution < -0.4 is 0 Å². The summed E-state index contributed by atoms with van der Waals surface area (Å²) in [5, 5.41) is 0. The number of nitrogens with zero attached hydrogens (tertiary/aromatic N) is 2. The van der Waals surface area contributed by atoms with E-state index in [2.05, 4.69) is 42.8 Å². The molecule has 0 aliphatic carbocycles. The normalized spacial score (nSPS) is 21.1. The van der Waals surface area contributed by atoms with Crippen LogP contribution in [0.15, 0.2) is 12.1 Å². The average Bonchev–Trinajstić information content (AvgIpc) is 2.31. The third kappa shape index (κ3) is 3.28. The number of piperazine rings is 1. The first-order valence-electron chi connectivity index (χ1n) is 7.42. The lowest BCUT2D eigenvalue weighted by Gasteiger charge is -2.37. The summed E-state index contributed by atoms with van der Waals surface area (Å²) in [6.45, 7) is 12.0. The van der Waals surface area contributed by atoms with Crippen molar-refractivity contribution in [3.05, 3.63) is 34.4 Å². The molecule has 20 heavy (non-hydrogen) atoms. The molecule has 3 heteroatoms. The Hall–Kier alpha value is -1.19. The first-order chi connectivity index (χ1) is 9.38. The van der Waals surface area contributed by atoms with Gasteiger partial charge in [-0.1, -0.05) is 17.7 Å². The van der Waals surface area contributed by atoms with Gasteiger partial charge in [0.2, 0.25) is 0 Å². The number of hydrogen-bond acceptors (Lipinski definition) is 3. The van der Waals surface area contributed by atoms with Gasteiger partial charge in [-0.2, -0.15) is 0 Å². The monoisotopic (exact) mass is 274 g/mol. The average molecular weight is 274 g/mol. The Labute approximate surface area is 122 Å². The van der Waals surface area contributed by atoms with Crippen molar-refractivity contribution in [2.24, 2.45) is 0 Å². The smallest absolute Gasteiger partial charge is 0.177 e. The molecule has 1 aliphatic rings. The number of aryl methyl sites for hydroxylation is 3. The fourth-order valence-electron chi connectivity index (χ4n) is 3.30. The molecule has 0 N–H and O–H groups in total. The second kappa shape index (κ2) is 6.06. The van der Waals surface area contributed by atoms with Gasteiger partial charge in [-0.3, -0.25) is 9.69 Å². The minimum Gasteiger partial charge on any atom is -0.304 e. The van der Waals surface area contributed by atoms with Crippen molar-refractivity contribution >= 4 is 5.78 Å². The summed E-state index contributed by atoms with van der Waals surface area (Å²) in [5.74, 6) is 0.261. The van der Waals surface area contributed by atoms with Gasteiger partial charge < -0.3 is 4.90 Å². The Morgan fingerprint density at radius 2 is 1.80 bits per heavy atom. The predicted molar refractivity (Wildman–Crippen MR) is 83.5 cm³/mol. The molecule has 0 radical (unpaired) electrons. The van der Waals surface area contributed by atoms with Crippen molar-refractivity contribution in [3.8, 4) is 0 Å². The molecule has 1 aromatic rings. The van der Waals surface area contributed by atoms with Gasteiger partial charge in [-0.25, -0.2) is 0 Å². The fourth-order valence-corrected chi connectivity index (χ4v) is 3.30. The van der Waals surface area contributed by atoms with E-state index in [0.717, 1.165) is 36.3 Å². The highest BCUT2D eigenvalue weighted by atomic mass is 16.1. The molecule has 1 saturated heterocycles. The lowest BCUT2D eigenvalue weighted by atomic mass is 9.96. The first-order valence-corrected chi connectivity index (χ1v) is 7.42. The van der Waals surface area contributed by atoms with E-state index < -0.39 is 0 Å². The summed E-state index contributed by atoms with van der Waals surface area (Å²) in [7, 11) is 2.14. The van der Waals surface area contributed by atoms with Crippen LogP contribution in [0.5, 0.6) is 0 Å². The number of carbonyl (C=O) groups excluding carboxylic acids is 1. The number of hydrogen-bond donors (Lipinski definition) is 0. The van der Waals surface area contributed by atoms with Gasteiger partial charge in [-0.05, 0) is 45.9 Å². The topological polar surface area (TPSA) is 23.6 Å². The SMILES string of the molecule is Cc1cc(C)c(C(=O)CN2CCN(C)CC2C)c(C)c1. The van der Waals surface area contributed by atoms with Gasteiger partial charge in [0.25, 0.3) is 0 Å². The van der Waals surface area contributed by atoms with Crippen LogP contribution in [-0.2, 0) is 0 Å². The molecule has 0 bridgehead atoms. The lowest BCUT2D eigenvalue weighted by Crippen LogP contribution is -2.51. The quantitative estimate of drug-likeness (QED) is 0.791. The maximum Gasteiger partial charge on any atom is 0.177 e. The zero-order chi connectivity index (χ0) is 14.9. The largest absolute Gasteiger partial charge is 0.304 e. The van der Waals surface area contributed by atoms with Gasteiger partial charge in [0, 0.05) is 31.2 Å². The number of benzene rings is 1. The fraction of sp³-hybridized carbons (Fsp3) is 0.588. The zero-order valence-electron chi connectivity index (χ0n) is 13.4. The molecular weight excluding hydrogens is 248 g/mol. The van der Waals surface area contributed by atoms with Gasteiger partial charge in [0.1, 0.15) is 0 Å². The maximum atomic E-state index is 12.6. The van der Waals surface area contributed by atoms with E-state index >= 15 is 0 Å². The van der Waals surface area contributed by atoms with E-state index in [1.807, 2.05) is 13.8 Å². The molecule has 110 valence electrons. The van der Waals surface area contributed by atoms with Crippen LogP contribution in [0.4, 0.5) is 0 Å². The highest BCUT2D eigenvalue weighted by Gasteiger charge is 2.24. The zero-order valence-corrected chi connectivity index (χ0v) is 13.4. The second-order valence-electron chi connectivity index (χ2n) is 6.28. The number of likely N-dealkylation sites (N-methyl/N-ethyl adjacent to an activating group) is 1. The highest BCUT2D eigenvalue weighted by molar-refractivity contribution is 6.00. The minimum atomic E-state index is 0.261. The number of rotatable bonds is 3. The summed E-state index contributed by atoms with van der Waals surface area (Å²) < 4.78 is 0. The van der Waals surface area contributed by atoms with E-state index in [1.54, 1.807) is 0 Å². The minimum absolute atomic E-state index is 0.261. The summed E-state index contributed by atoms with van der Waals surface area (Å²) in [5.41, 5.74) is 4.36. The van der Waals surface area contributed by atoms with Crippen LogP contribution in [0.25, 0.3) is 0 Å². The number of Topliss-reactive ketones (excluding diaryl/α,β-unsaturated/α-hetero) is 1. The molecule has 0 spiro atoms. The highest BCUT2D eigenvalue weighted by Crippen LogP contribution is 2.18. The van der Waals surface area contributed by atoms with E-state index in [0.29, 0.717) is 12.6 Å². The molecule has 0 aromatic heterocycles. The van der Waals surface area contributed by atoms with Crippen LogP contribution in [0, 0.1) is 20.8 Å². The molecule has 0 amide bonds. The molecule has 1 fully saturated rings. The van der Waals surface area contributed by atoms with Crippen LogP contribution in [0.1, 0.15) is 34.0 Å². The van der Waals surface area contributed by atoms with Crippen LogP contribution in [-0.4, -0.2) is 54.9 Å². The number of ketones is 1. The Bertz CT molecular complexity index is 487. The molecule has 0 saturated carbocycles. The van der Waals surface area contributed by atoms with E-state index in [4.69, 9.17) is 0 Å². The van der Waals surface area contributed by atoms with Crippen molar-refractivity contribution in [3.63, 3.8) is 0 Å². The Morgan fingerprint density at radius 1 is 1.20 bits per heavy atom. The van der Waals surface area contributed by atoms with Crippen molar-refractivity contribution in [1.29, 1.82) is 0 Å². The van der Waals surface area contributed by atoms with Gasteiger partial charge in [-0.15, -0.1) is 0 Å². The van der Waals surface area contributed by atoms with Crippen LogP contribution >= 0.6 is 0 Å². The summed E-state index contributed by atoms with van der Waals surface area (Å²) in [6.07, 6.45) is 0. The third-order valence-corrected chi connectivity index (χ3v) is 4.27. The standard InChI is InChI=1S/C17H26N2O/c1-12-8-13(2)17(14(3)9-12)16(20)11-19-7-6-18(5)10-15(19)4/h8-9,15H,6-7,10-11H2,1-5H3. The van der Waals surface area contributed by atoms with E-state index in [9.17, 15) is 4.79 Å². The number of carbonyl (C=O) groups is 1. The molecule has 2 rings (SSSR count). The van der Waals surface area contributed by atoms with Crippen molar-refractivity contribution in [2.45, 2.75) is 33.7 Å². The van der Waals surface area contributed by atoms with E-state index in [1.165, 1.54) is 5.56 Å². The third-order valence-electron chi connectivity index (χ3n) is 4.27. The first kappa shape index (κ1) is 15.2. The maximum absolute atomic E-state index is 12.6. The predicted octanol–water partition coefficient (Wildman–Crippen LogP) is 2.43. The lowest BCUT2D eigenvalue weighted by molar-refractivity contribution is 0.0746. The Morgan fingerprint density at radius 3 is 2.35 bits per heavy atom. The molecule has 3 nitrogen and oxygen atoms in total. The molecule has 1 atom stereocenters. The summed E-state index contributed by atoms with van der Waals surface area (Å²) in [4.78, 5) is 17.3.